The molecule has 1 aromatic rings. The number of unbranched alkanes of at least 4 members (excludes halogenated alkanes) is 4. The fraction of sp³-hybridized carbons (Fsp3) is 0.636. The van der Waals surface area contributed by atoms with E-state index in [4.69, 9.17) is 9.47 Å². The second kappa shape index (κ2) is 11.7. The Kier molecular flexibility index (Phi) is 10.0. The highest BCUT2D eigenvalue weighted by atomic mass is 16.5. The molecule has 146 valence electrons. The van der Waals surface area contributed by atoms with Crippen LogP contribution in [0.5, 0.6) is 0 Å². The first-order valence-electron chi connectivity index (χ1n) is 9.84. The van der Waals surface area contributed by atoms with Gasteiger partial charge in [0.15, 0.2) is 0 Å². The summed E-state index contributed by atoms with van der Waals surface area (Å²) in [6.45, 7) is 9.18. The Labute approximate surface area is 158 Å². The summed E-state index contributed by atoms with van der Waals surface area (Å²) in [6, 6.07) is 6.70. The molecule has 0 radical (unpaired) electrons. The van der Waals surface area contributed by atoms with Crippen LogP contribution in [0.4, 0.5) is 0 Å². The van der Waals surface area contributed by atoms with Crippen LogP contribution in [0.25, 0.3) is 0 Å². The van der Waals surface area contributed by atoms with E-state index >= 15 is 0 Å². The van der Waals surface area contributed by atoms with E-state index in [1.165, 1.54) is 0 Å². The third-order valence-corrected chi connectivity index (χ3v) is 4.40. The number of hydrogen-bond donors (Lipinski definition) is 0. The number of esters is 2. The highest BCUT2D eigenvalue weighted by molar-refractivity contribution is 6.03. The average molecular weight is 363 g/mol. The van der Waals surface area contributed by atoms with Gasteiger partial charge in [0, 0.05) is 0 Å². The van der Waals surface area contributed by atoms with Crippen LogP contribution in [0.3, 0.4) is 0 Å². The molecule has 1 rings (SSSR count). The standard InChI is InChI=1S/C22H34O4/c1-5-7-9-12-16-25-20(23)18-13-10-11-14-19(18)21(24)26-17-22(3,4)15-8-6-2/h10-11,13-14H,5-9,12,15-17H2,1-4H3. The number of carbonyl (C=O) groups excluding carboxylic acids is 2. The minimum atomic E-state index is -0.465. The van der Waals surface area contributed by atoms with Gasteiger partial charge in [-0.25, -0.2) is 9.59 Å². The molecular weight excluding hydrogens is 328 g/mol. The Balaban J connectivity index is 2.64. The molecule has 0 aliphatic rings. The van der Waals surface area contributed by atoms with Gasteiger partial charge in [-0.05, 0) is 30.4 Å². The second-order valence-corrected chi connectivity index (χ2v) is 7.59. The van der Waals surface area contributed by atoms with E-state index in [9.17, 15) is 9.59 Å². The molecule has 0 amide bonds. The van der Waals surface area contributed by atoms with Gasteiger partial charge in [0.1, 0.15) is 0 Å². The van der Waals surface area contributed by atoms with Crippen LogP contribution < -0.4 is 0 Å². The lowest BCUT2D eigenvalue weighted by atomic mass is 9.88. The molecule has 0 fully saturated rings. The summed E-state index contributed by atoms with van der Waals surface area (Å²) in [5, 5.41) is 0. The number of benzene rings is 1. The molecule has 0 heterocycles. The maximum absolute atomic E-state index is 12.5. The normalized spacial score (nSPS) is 11.2. The number of hydrogen-bond acceptors (Lipinski definition) is 4. The van der Waals surface area contributed by atoms with Gasteiger partial charge in [0.05, 0.1) is 24.3 Å². The van der Waals surface area contributed by atoms with Crippen molar-refractivity contribution in [1.82, 2.24) is 0 Å². The van der Waals surface area contributed by atoms with Gasteiger partial charge in [0.25, 0.3) is 0 Å². The van der Waals surface area contributed by atoms with E-state index < -0.39 is 11.9 Å². The minimum Gasteiger partial charge on any atom is -0.462 e. The third kappa shape index (κ3) is 8.03. The van der Waals surface area contributed by atoms with Gasteiger partial charge in [-0.3, -0.25) is 0 Å². The quantitative estimate of drug-likeness (QED) is 0.348. The van der Waals surface area contributed by atoms with E-state index in [2.05, 4.69) is 27.7 Å². The lowest BCUT2D eigenvalue weighted by Gasteiger charge is -2.24. The molecular formula is C22H34O4. The Bertz CT molecular complexity index is 563. The zero-order valence-electron chi connectivity index (χ0n) is 16.8. The smallest absolute Gasteiger partial charge is 0.339 e. The van der Waals surface area contributed by atoms with Crippen molar-refractivity contribution < 1.29 is 19.1 Å². The molecule has 0 spiro atoms. The predicted octanol–water partition coefficient (Wildman–Crippen LogP) is 5.80. The van der Waals surface area contributed by atoms with Crippen LogP contribution in [0.1, 0.15) is 93.4 Å². The van der Waals surface area contributed by atoms with Crippen molar-refractivity contribution >= 4 is 11.9 Å². The van der Waals surface area contributed by atoms with Crippen LogP contribution >= 0.6 is 0 Å². The summed E-state index contributed by atoms with van der Waals surface area (Å²) < 4.78 is 10.8. The van der Waals surface area contributed by atoms with Crippen molar-refractivity contribution in [3.8, 4) is 0 Å². The number of rotatable bonds is 12. The van der Waals surface area contributed by atoms with Crippen LogP contribution in [0.15, 0.2) is 24.3 Å². The van der Waals surface area contributed by atoms with Gasteiger partial charge in [-0.1, -0.05) is 71.9 Å². The Morgan fingerprint density at radius 2 is 1.42 bits per heavy atom. The summed E-state index contributed by atoms with van der Waals surface area (Å²) >= 11 is 0. The third-order valence-electron chi connectivity index (χ3n) is 4.40. The molecule has 0 atom stereocenters. The van der Waals surface area contributed by atoms with Crippen molar-refractivity contribution in [3.05, 3.63) is 35.4 Å². The SMILES string of the molecule is CCCCCCOC(=O)c1ccccc1C(=O)OCC(C)(C)CCCC. The Hall–Kier alpha value is -1.84. The first-order chi connectivity index (χ1) is 12.4. The van der Waals surface area contributed by atoms with Gasteiger partial charge < -0.3 is 9.47 Å². The van der Waals surface area contributed by atoms with Crippen molar-refractivity contribution in [3.63, 3.8) is 0 Å². The summed E-state index contributed by atoms with van der Waals surface area (Å²) in [6.07, 6.45) is 7.37. The fourth-order valence-electron chi connectivity index (χ4n) is 2.68. The first kappa shape index (κ1) is 22.2. The topological polar surface area (TPSA) is 52.6 Å². The van der Waals surface area contributed by atoms with Crippen LogP contribution in [-0.2, 0) is 9.47 Å². The molecule has 4 heteroatoms. The largest absolute Gasteiger partial charge is 0.462 e. The van der Waals surface area contributed by atoms with Crippen molar-refractivity contribution in [2.24, 2.45) is 5.41 Å². The first-order valence-corrected chi connectivity index (χ1v) is 9.84. The Morgan fingerprint density at radius 3 is 2.00 bits per heavy atom. The maximum Gasteiger partial charge on any atom is 0.339 e. The molecule has 0 saturated heterocycles. The van der Waals surface area contributed by atoms with E-state index in [0.717, 1.165) is 44.9 Å². The summed E-state index contributed by atoms with van der Waals surface area (Å²) in [5.41, 5.74) is 0.483. The molecule has 0 aliphatic carbocycles. The van der Waals surface area contributed by atoms with Gasteiger partial charge in [-0.15, -0.1) is 0 Å². The summed E-state index contributed by atoms with van der Waals surface area (Å²) in [7, 11) is 0. The predicted molar refractivity (Wildman–Crippen MR) is 104 cm³/mol. The monoisotopic (exact) mass is 362 g/mol. The molecule has 0 aliphatic heterocycles. The Morgan fingerprint density at radius 1 is 0.846 bits per heavy atom. The van der Waals surface area contributed by atoms with Crippen LogP contribution in [-0.4, -0.2) is 25.2 Å². The highest BCUT2D eigenvalue weighted by Gasteiger charge is 2.23. The molecule has 0 N–H and O–H groups in total. The van der Waals surface area contributed by atoms with Gasteiger partial charge in [-0.2, -0.15) is 0 Å². The van der Waals surface area contributed by atoms with Crippen LogP contribution in [0.2, 0.25) is 0 Å². The minimum absolute atomic E-state index is 0.0690. The molecule has 0 unspecified atom stereocenters. The zero-order valence-corrected chi connectivity index (χ0v) is 16.8. The summed E-state index contributed by atoms with van der Waals surface area (Å²) in [4.78, 5) is 24.8. The van der Waals surface area contributed by atoms with Crippen molar-refractivity contribution in [2.75, 3.05) is 13.2 Å². The number of ether oxygens (including phenoxy) is 2. The number of carbonyl (C=O) groups is 2. The van der Waals surface area contributed by atoms with E-state index in [0.29, 0.717) is 13.2 Å². The molecule has 26 heavy (non-hydrogen) atoms. The molecule has 0 saturated carbocycles. The van der Waals surface area contributed by atoms with Crippen LogP contribution in [0, 0.1) is 5.41 Å². The second-order valence-electron chi connectivity index (χ2n) is 7.59. The highest BCUT2D eigenvalue weighted by Crippen LogP contribution is 2.24. The maximum atomic E-state index is 12.5. The molecule has 0 bridgehead atoms. The van der Waals surface area contributed by atoms with E-state index in [1.54, 1.807) is 24.3 Å². The van der Waals surface area contributed by atoms with Crippen molar-refractivity contribution in [2.45, 2.75) is 72.6 Å². The molecule has 1 aromatic carbocycles. The van der Waals surface area contributed by atoms with Gasteiger partial charge >= 0.3 is 11.9 Å². The molecule has 0 aromatic heterocycles. The lowest BCUT2D eigenvalue weighted by Crippen LogP contribution is -2.23. The van der Waals surface area contributed by atoms with Gasteiger partial charge in [0.2, 0.25) is 0 Å². The summed E-state index contributed by atoms with van der Waals surface area (Å²) in [5.74, 6) is -0.924. The van der Waals surface area contributed by atoms with E-state index in [-0.39, 0.29) is 16.5 Å². The van der Waals surface area contributed by atoms with Crippen molar-refractivity contribution in [1.29, 1.82) is 0 Å². The zero-order chi connectivity index (χ0) is 19.4. The lowest BCUT2D eigenvalue weighted by molar-refractivity contribution is 0.0313. The van der Waals surface area contributed by atoms with E-state index in [1.807, 2.05) is 0 Å². The fourth-order valence-corrected chi connectivity index (χ4v) is 2.68. The molecule has 4 nitrogen and oxygen atoms in total. The average Bonchev–Trinajstić information content (AvgIpc) is 2.64.